The molecule has 0 N–H and O–H groups in total. The third-order valence-electron chi connectivity index (χ3n) is 4.95. The first-order chi connectivity index (χ1) is 13.2. The van der Waals surface area contributed by atoms with Gasteiger partial charge in [0, 0.05) is 10.9 Å². The van der Waals surface area contributed by atoms with E-state index in [0.29, 0.717) is 10.9 Å². The summed E-state index contributed by atoms with van der Waals surface area (Å²) in [6.45, 7) is 4.07. The van der Waals surface area contributed by atoms with Crippen molar-refractivity contribution in [3.05, 3.63) is 95.8 Å². The predicted molar refractivity (Wildman–Crippen MR) is 116 cm³/mol. The zero-order valence-corrected chi connectivity index (χ0v) is 16.2. The summed E-state index contributed by atoms with van der Waals surface area (Å²) in [4.78, 5) is 0. The van der Waals surface area contributed by atoms with Crippen molar-refractivity contribution in [3.63, 3.8) is 0 Å². The standard InChI is InChI=1S/C26H27F/c1-3-5-7-9-20-11-14-22(15-12-20)24-18-16-23-19-21(10-8-6-4-2)13-17-25(23)26(24)27/h3-6,11-19H,7-10H2,1-2H3/b5-3+,6-4+. The van der Waals surface area contributed by atoms with Crippen molar-refractivity contribution in [3.8, 4) is 11.1 Å². The van der Waals surface area contributed by atoms with Crippen LogP contribution in [0.3, 0.4) is 0 Å². The zero-order chi connectivity index (χ0) is 19.1. The molecule has 0 aromatic heterocycles. The van der Waals surface area contributed by atoms with Gasteiger partial charge in [-0.15, -0.1) is 0 Å². The van der Waals surface area contributed by atoms with E-state index >= 15 is 4.39 Å². The van der Waals surface area contributed by atoms with Crippen LogP contribution in [0.15, 0.2) is 78.9 Å². The first kappa shape index (κ1) is 19.1. The summed E-state index contributed by atoms with van der Waals surface area (Å²) in [7, 11) is 0. The van der Waals surface area contributed by atoms with Gasteiger partial charge in [0.25, 0.3) is 0 Å². The fraction of sp³-hybridized carbons (Fsp3) is 0.231. The van der Waals surface area contributed by atoms with Crippen LogP contribution in [0.1, 0.15) is 37.8 Å². The maximum atomic E-state index is 15.1. The van der Waals surface area contributed by atoms with Crippen molar-refractivity contribution < 1.29 is 4.39 Å². The molecule has 0 spiro atoms. The Kier molecular flexibility index (Phi) is 6.59. The lowest BCUT2D eigenvalue weighted by Crippen LogP contribution is -1.90. The van der Waals surface area contributed by atoms with Gasteiger partial charge >= 0.3 is 0 Å². The normalized spacial score (nSPS) is 11.8. The summed E-state index contributed by atoms with van der Waals surface area (Å²) < 4.78 is 15.1. The predicted octanol–water partition coefficient (Wildman–Crippen LogP) is 7.66. The lowest BCUT2D eigenvalue weighted by atomic mass is 9.97. The Labute approximate surface area is 162 Å². The molecule has 3 aromatic carbocycles. The zero-order valence-electron chi connectivity index (χ0n) is 16.2. The Balaban J connectivity index is 1.84. The lowest BCUT2D eigenvalue weighted by molar-refractivity contribution is 0.643. The van der Waals surface area contributed by atoms with E-state index in [2.05, 4.69) is 42.5 Å². The molecular formula is C26H27F. The van der Waals surface area contributed by atoms with Gasteiger partial charge < -0.3 is 0 Å². The molecule has 0 fully saturated rings. The van der Waals surface area contributed by atoms with Gasteiger partial charge in [-0.2, -0.15) is 0 Å². The van der Waals surface area contributed by atoms with E-state index in [-0.39, 0.29) is 5.82 Å². The third kappa shape index (κ3) is 4.74. The minimum atomic E-state index is -0.130. The topological polar surface area (TPSA) is 0 Å². The second-order valence-corrected chi connectivity index (χ2v) is 6.89. The van der Waals surface area contributed by atoms with E-state index in [1.165, 1.54) is 11.1 Å². The van der Waals surface area contributed by atoms with Crippen LogP contribution in [-0.2, 0) is 12.8 Å². The van der Waals surface area contributed by atoms with E-state index in [0.717, 1.165) is 36.6 Å². The van der Waals surface area contributed by atoms with Gasteiger partial charge in [-0.3, -0.25) is 0 Å². The minimum absolute atomic E-state index is 0.130. The highest BCUT2D eigenvalue weighted by Gasteiger charge is 2.10. The van der Waals surface area contributed by atoms with Crippen LogP contribution in [0.25, 0.3) is 21.9 Å². The Hall–Kier alpha value is -2.67. The van der Waals surface area contributed by atoms with Crippen molar-refractivity contribution in [2.45, 2.75) is 39.5 Å². The van der Waals surface area contributed by atoms with Crippen LogP contribution in [0, 0.1) is 5.82 Å². The molecule has 0 saturated carbocycles. The lowest BCUT2D eigenvalue weighted by Gasteiger charge is -2.09. The number of aryl methyl sites for hydroxylation is 2. The quantitative estimate of drug-likeness (QED) is 0.380. The molecule has 0 aliphatic heterocycles. The Bertz CT molecular complexity index is 946. The van der Waals surface area contributed by atoms with Crippen molar-refractivity contribution in [2.75, 3.05) is 0 Å². The van der Waals surface area contributed by atoms with Crippen LogP contribution < -0.4 is 0 Å². The largest absolute Gasteiger partial charge is 0.206 e. The molecule has 27 heavy (non-hydrogen) atoms. The highest BCUT2D eigenvalue weighted by molar-refractivity contribution is 5.88. The number of hydrogen-bond acceptors (Lipinski definition) is 0. The van der Waals surface area contributed by atoms with E-state index in [1.807, 2.05) is 50.2 Å². The van der Waals surface area contributed by atoms with Gasteiger partial charge in [0.2, 0.25) is 0 Å². The summed E-state index contributed by atoms with van der Waals surface area (Å²) in [5.41, 5.74) is 4.13. The molecular weight excluding hydrogens is 331 g/mol. The van der Waals surface area contributed by atoms with Crippen molar-refractivity contribution in [1.82, 2.24) is 0 Å². The van der Waals surface area contributed by atoms with Crippen LogP contribution in [-0.4, -0.2) is 0 Å². The molecule has 0 heterocycles. The number of halogens is 1. The van der Waals surface area contributed by atoms with Crippen molar-refractivity contribution >= 4 is 10.8 Å². The molecule has 0 radical (unpaired) electrons. The molecule has 3 aromatic rings. The Morgan fingerprint density at radius 3 is 2.04 bits per heavy atom. The SMILES string of the molecule is C/C=C/CCc1ccc(-c2ccc3cc(CC/C=C/C)ccc3c2F)cc1. The Morgan fingerprint density at radius 1 is 0.741 bits per heavy atom. The second-order valence-electron chi connectivity index (χ2n) is 6.89. The molecule has 138 valence electrons. The summed E-state index contributed by atoms with van der Waals surface area (Å²) in [5, 5.41) is 1.66. The first-order valence-corrected chi connectivity index (χ1v) is 9.75. The molecule has 0 aliphatic rings. The van der Waals surface area contributed by atoms with E-state index in [9.17, 15) is 0 Å². The molecule has 0 aliphatic carbocycles. The van der Waals surface area contributed by atoms with Gasteiger partial charge in [-0.25, -0.2) is 4.39 Å². The second kappa shape index (κ2) is 9.32. The van der Waals surface area contributed by atoms with Crippen LogP contribution >= 0.6 is 0 Å². The van der Waals surface area contributed by atoms with Gasteiger partial charge in [0.15, 0.2) is 0 Å². The number of allylic oxidation sites excluding steroid dienone is 4. The fourth-order valence-corrected chi connectivity index (χ4v) is 3.40. The number of hydrogen-bond donors (Lipinski definition) is 0. The van der Waals surface area contributed by atoms with Crippen molar-refractivity contribution in [1.29, 1.82) is 0 Å². The number of rotatable bonds is 7. The molecule has 0 amide bonds. The van der Waals surface area contributed by atoms with Gasteiger partial charge in [-0.05, 0) is 61.6 Å². The molecule has 3 rings (SSSR count). The maximum Gasteiger partial charge on any atom is 0.138 e. The average molecular weight is 359 g/mol. The van der Waals surface area contributed by atoms with Crippen LogP contribution in [0.5, 0.6) is 0 Å². The molecule has 0 unspecified atom stereocenters. The molecule has 0 atom stereocenters. The Morgan fingerprint density at radius 2 is 1.37 bits per heavy atom. The average Bonchev–Trinajstić information content (AvgIpc) is 2.69. The highest BCUT2D eigenvalue weighted by atomic mass is 19.1. The molecule has 0 saturated heterocycles. The summed E-state index contributed by atoms with van der Waals surface area (Å²) in [5.74, 6) is -0.130. The highest BCUT2D eigenvalue weighted by Crippen LogP contribution is 2.30. The summed E-state index contributed by atoms with van der Waals surface area (Å²) in [6.07, 6.45) is 12.5. The number of benzene rings is 3. The van der Waals surface area contributed by atoms with E-state index in [4.69, 9.17) is 0 Å². The minimum Gasteiger partial charge on any atom is -0.206 e. The molecule has 1 heteroatoms. The molecule has 0 nitrogen and oxygen atoms in total. The molecule has 0 bridgehead atoms. The van der Waals surface area contributed by atoms with Gasteiger partial charge in [0.05, 0.1) is 0 Å². The van der Waals surface area contributed by atoms with E-state index < -0.39 is 0 Å². The third-order valence-corrected chi connectivity index (χ3v) is 4.95. The number of fused-ring (bicyclic) bond motifs is 1. The van der Waals surface area contributed by atoms with Crippen LogP contribution in [0.2, 0.25) is 0 Å². The first-order valence-electron chi connectivity index (χ1n) is 9.75. The van der Waals surface area contributed by atoms with Gasteiger partial charge in [0.1, 0.15) is 5.82 Å². The maximum absolute atomic E-state index is 15.1. The monoisotopic (exact) mass is 358 g/mol. The van der Waals surface area contributed by atoms with Crippen molar-refractivity contribution in [2.24, 2.45) is 0 Å². The van der Waals surface area contributed by atoms with E-state index in [1.54, 1.807) is 0 Å². The summed E-state index contributed by atoms with van der Waals surface area (Å²) >= 11 is 0. The smallest absolute Gasteiger partial charge is 0.138 e. The fourth-order valence-electron chi connectivity index (χ4n) is 3.40. The van der Waals surface area contributed by atoms with Crippen LogP contribution in [0.4, 0.5) is 4.39 Å². The summed E-state index contributed by atoms with van der Waals surface area (Å²) in [6, 6.07) is 18.3. The van der Waals surface area contributed by atoms with Gasteiger partial charge in [-0.1, -0.05) is 78.9 Å².